The molecule has 2 atom stereocenters. The zero-order valence-corrected chi connectivity index (χ0v) is 9.51. The van der Waals surface area contributed by atoms with E-state index < -0.39 is 0 Å². The smallest absolute Gasteiger partial charge is 0.0686 e. The highest BCUT2D eigenvalue weighted by atomic mass is 16.3. The van der Waals surface area contributed by atoms with E-state index in [1.165, 1.54) is 0 Å². The summed E-state index contributed by atoms with van der Waals surface area (Å²) in [6.45, 7) is 4.26. The normalized spacial score (nSPS) is 14.7. The molecule has 1 rings (SSSR count). The minimum Gasteiger partial charge on any atom is -0.392 e. The number of hydrogen-bond donors (Lipinski definition) is 2. The van der Waals surface area contributed by atoms with Gasteiger partial charge in [0.15, 0.2) is 0 Å². The summed E-state index contributed by atoms with van der Waals surface area (Å²) in [7, 11) is 1.93. The number of pyridine rings is 1. The largest absolute Gasteiger partial charge is 0.392 e. The molecule has 0 saturated carbocycles. The molecular weight excluding hydrogens is 190 g/mol. The Bertz CT molecular complexity index is 295. The minimum atomic E-state index is -0.344. The Balaban J connectivity index is 2.71. The molecule has 84 valence electrons. The van der Waals surface area contributed by atoms with Crippen molar-refractivity contribution < 1.29 is 5.11 Å². The summed E-state index contributed by atoms with van der Waals surface area (Å²) < 4.78 is 0. The third-order valence-corrected chi connectivity index (χ3v) is 2.22. The summed E-state index contributed by atoms with van der Waals surface area (Å²) in [5.41, 5.74) is 7.57. The minimum absolute atomic E-state index is 0.0406. The lowest BCUT2D eigenvalue weighted by atomic mass is 10.2. The summed E-state index contributed by atoms with van der Waals surface area (Å²) in [5, 5.41) is 9.24. The lowest BCUT2D eigenvalue weighted by molar-refractivity contribution is 0.201. The molecule has 1 aromatic rings. The number of aromatic nitrogens is 1. The molecule has 0 saturated heterocycles. The molecule has 0 bridgehead atoms. The lowest BCUT2D eigenvalue weighted by Gasteiger charge is -2.20. The molecule has 15 heavy (non-hydrogen) atoms. The first-order valence-electron chi connectivity index (χ1n) is 5.11. The number of aliphatic hydroxyl groups is 1. The van der Waals surface area contributed by atoms with Crippen molar-refractivity contribution in [2.45, 2.75) is 26.0 Å². The van der Waals surface area contributed by atoms with Gasteiger partial charge in [0.25, 0.3) is 0 Å². The SMILES string of the molecule is CC(O)CN(C)c1ccc(C(C)N)nc1. The van der Waals surface area contributed by atoms with Crippen molar-refractivity contribution in [3.63, 3.8) is 0 Å². The average Bonchev–Trinajstić information content (AvgIpc) is 2.17. The third kappa shape index (κ3) is 3.49. The Kier molecular flexibility index (Phi) is 4.05. The van der Waals surface area contributed by atoms with Crippen molar-refractivity contribution in [2.75, 3.05) is 18.5 Å². The molecule has 4 heteroatoms. The van der Waals surface area contributed by atoms with Crippen molar-refractivity contribution in [1.29, 1.82) is 0 Å². The topological polar surface area (TPSA) is 62.4 Å². The Morgan fingerprint density at radius 3 is 2.53 bits per heavy atom. The van der Waals surface area contributed by atoms with Gasteiger partial charge in [0.2, 0.25) is 0 Å². The van der Waals surface area contributed by atoms with Crippen LogP contribution in [0.5, 0.6) is 0 Å². The lowest BCUT2D eigenvalue weighted by Crippen LogP contribution is -2.27. The van der Waals surface area contributed by atoms with Crippen molar-refractivity contribution in [3.8, 4) is 0 Å². The Morgan fingerprint density at radius 1 is 1.47 bits per heavy atom. The van der Waals surface area contributed by atoms with Crippen LogP contribution in [0.3, 0.4) is 0 Å². The van der Waals surface area contributed by atoms with Crippen LogP contribution in [-0.2, 0) is 0 Å². The second kappa shape index (κ2) is 5.09. The van der Waals surface area contributed by atoms with E-state index in [-0.39, 0.29) is 12.1 Å². The zero-order chi connectivity index (χ0) is 11.4. The predicted molar refractivity (Wildman–Crippen MR) is 61.8 cm³/mol. The van der Waals surface area contributed by atoms with E-state index in [4.69, 9.17) is 5.73 Å². The van der Waals surface area contributed by atoms with E-state index in [1.807, 2.05) is 31.0 Å². The maximum absolute atomic E-state index is 9.24. The number of nitrogens with zero attached hydrogens (tertiary/aromatic N) is 2. The van der Waals surface area contributed by atoms with Crippen LogP contribution >= 0.6 is 0 Å². The molecule has 2 unspecified atom stereocenters. The molecular formula is C11H19N3O. The van der Waals surface area contributed by atoms with Crippen molar-refractivity contribution in [1.82, 2.24) is 4.98 Å². The Labute approximate surface area is 90.7 Å². The van der Waals surface area contributed by atoms with Crippen LogP contribution in [0.1, 0.15) is 25.6 Å². The standard InChI is InChI=1S/C11H19N3O/c1-8(15)7-14(3)10-4-5-11(9(2)12)13-6-10/h4-6,8-9,15H,7,12H2,1-3H3. The van der Waals surface area contributed by atoms with Crippen LogP contribution in [0.15, 0.2) is 18.3 Å². The van der Waals surface area contributed by atoms with Gasteiger partial charge in [0.1, 0.15) is 0 Å². The van der Waals surface area contributed by atoms with Crippen LogP contribution in [0.2, 0.25) is 0 Å². The Morgan fingerprint density at radius 2 is 2.13 bits per heavy atom. The number of rotatable bonds is 4. The molecule has 4 nitrogen and oxygen atoms in total. The first-order valence-corrected chi connectivity index (χ1v) is 5.11. The van der Waals surface area contributed by atoms with Gasteiger partial charge in [0, 0.05) is 19.6 Å². The van der Waals surface area contributed by atoms with Crippen LogP contribution < -0.4 is 10.6 Å². The molecule has 0 radical (unpaired) electrons. The molecule has 3 N–H and O–H groups in total. The third-order valence-electron chi connectivity index (χ3n) is 2.22. The maximum Gasteiger partial charge on any atom is 0.0686 e. The van der Waals surface area contributed by atoms with Gasteiger partial charge >= 0.3 is 0 Å². The van der Waals surface area contributed by atoms with Gasteiger partial charge in [0.05, 0.1) is 23.7 Å². The first-order chi connectivity index (χ1) is 7.00. The molecule has 0 aliphatic rings. The summed E-state index contributed by atoms with van der Waals surface area (Å²) in [6, 6.07) is 3.84. The number of hydrogen-bond acceptors (Lipinski definition) is 4. The van der Waals surface area contributed by atoms with Gasteiger partial charge < -0.3 is 15.7 Å². The van der Waals surface area contributed by atoms with E-state index in [0.29, 0.717) is 6.54 Å². The predicted octanol–water partition coefficient (Wildman–Crippen LogP) is 0.918. The first kappa shape index (κ1) is 11.9. The molecule has 1 aromatic heterocycles. The van der Waals surface area contributed by atoms with Gasteiger partial charge in [-0.2, -0.15) is 0 Å². The fourth-order valence-corrected chi connectivity index (χ4v) is 1.39. The Hall–Kier alpha value is -1.13. The van der Waals surface area contributed by atoms with E-state index in [0.717, 1.165) is 11.4 Å². The van der Waals surface area contributed by atoms with E-state index in [9.17, 15) is 5.11 Å². The number of anilines is 1. The van der Waals surface area contributed by atoms with Gasteiger partial charge in [-0.3, -0.25) is 4.98 Å². The van der Waals surface area contributed by atoms with Crippen molar-refractivity contribution in [2.24, 2.45) is 5.73 Å². The highest BCUT2D eigenvalue weighted by Crippen LogP contribution is 2.14. The van der Waals surface area contributed by atoms with Crippen LogP contribution in [0, 0.1) is 0 Å². The number of nitrogens with two attached hydrogens (primary N) is 1. The summed E-state index contributed by atoms with van der Waals surface area (Å²) in [5.74, 6) is 0. The molecule has 0 amide bonds. The second-order valence-corrected chi connectivity index (χ2v) is 3.96. The molecule has 0 aliphatic carbocycles. The highest BCUT2D eigenvalue weighted by molar-refractivity contribution is 5.43. The van der Waals surface area contributed by atoms with E-state index in [1.54, 1.807) is 13.1 Å². The van der Waals surface area contributed by atoms with E-state index in [2.05, 4.69) is 4.98 Å². The monoisotopic (exact) mass is 209 g/mol. The number of likely N-dealkylation sites (N-methyl/N-ethyl adjacent to an activating group) is 1. The van der Waals surface area contributed by atoms with Crippen LogP contribution in [0.25, 0.3) is 0 Å². The summed E-state index contributed by atoms with van der Waals surface area (Å²) in [6.07, 6.45) is 1.43. The quantitative estimate of drug-likeness (QED) is 0.774. The van der Waals surface area contributed by atoms with Crippen molar-refractivity contribution in [3.05, 3.63) is 24.0 Å². The van der Waals surface area contributed by atoms with Crippen LogP contribution in [0.4, 0.5) is 5.69 Å². The molecule has 0 fully saturated rings. The molecule has 0 aliphatic heterocycles. The highest BCUT2D eigenvalue weighted by Gasteiger charge is 2.06. The summed E-state index contributed by atoms with van der Waals surface area (Å²) >= 11 is 0. The van der Waals surface area contributed by atoms with Gasteiger partial charge in [-0.1, -0.05) is 0 Å². The molecule has 0 aromatic carbocycles. The zero-order valence-electron chi connectivity index (χ0n) is 9.51. The van der Waals surface area contributed by atoms with Gasteiger partial charge in [-0.05, 0) is 26.0 Å². The summed E-state index contributed by atoms with van der Waals surface area (Å²) in [4.78, 5) is 6.22. The fraction of sp³-hybridized carbons (Fsp3) is 0.545. The number of aliphatic hydroxyl groups excluding tert-OH is 1. The van der Waals surface area contributed by atoms with E-state index >= 15 is 0 Å². The average molecular weight is 209 g/mol. The maximum atomic E-state index is 9.24. The van der Waals surface area contributed by atoms with Crippen LogP contribution in [-0.4, -0.2) is 29.8 Å². The van der Waals surface area contributed by atoms with Gasteiger partial charge in [-0.15, -0.1) is 0 Å². The van der Waals surface area contributed by atoms with Gasteiger partial charge in [-0.25, -0.2) is 0 Å². The molecule has 0 spiro atoms. The molecule has 1 heterocycles. The fourth-order valence-electron chi connectivity index (χ4n) is 1.39. The second-order valence-electron chi connectivity index (χ2n) is 3.96. The van der Waals surface area contributed by atoms with Crippen molar-refractivity contribution >= 4 is 5.69 Å².